The number of benzene rings is 1. The number of nitrogens with one attached hydrogen (secondary N) is 1. The average molecular weight is 367 g/mol. The number of ether oxygens (including phenoxy) is 1. The van der Waals surface area contributed by atoms with Gasteiger partial charge in [0.1, 0.15) is 0 Å². The molecule has 0 aliphatic carbocycles. The molecule has 1 atom stereocenters. The normalized spacial score (nSPS) is 17.7. The van der Waals surface area contributed by atoms with E-state index in [4.69, 9.17) is 4.74 Å². The summed E-state index contributed by atoms with van der Waals surface area (Å²) in [6.45, 7) is 5.30. The first-order valence-electron chi connectivity index (χ1n) is 7.98. The van der Waals surface area contributed by atoms with Crippen molar-refractivity contribution >= 4 is 21.4 Å². The quantitative estimate of drug-likeness (QED) is 0.853. The third kappa shape index (κ3) is 4.23. The highest BCUT2D eigenvalue weighted by atomic mass is 32.2. The molecule has 0 radical (unpaired) electrons. The Morgan fingerprint density at radius 3 is 2.54 bits per heavy atom. The average Bonchev–Trinajstić information content (AvgIpc) is 3.11. The number of hydrogen-bond acceptors (Lipinski definition) is 5. The van der Waals surface area contributed by atoms with Crippen LogP contribution in [-0.2, 0) is 14.8 Å². The molecule has 0 bridgehead atoms. The fourth-order valence-corrected chi connectivity index (χ4v) is 4.67. The Hall–Kier alpha value is -1.25. The molecule has 1 aliphatic rings. The molecule has 0 unspecified atom stereocenters. The van der Waals surface area contributed by atoms with E-state index in [0.29, 0.717) is 24.7 Å². The molecule has 2 heterocycles. The molecular weight excluding hydrogens is 344 g/mol. The zero-order valence-corrected chi connectivity index (χ0v) is 15.3. The van der Waals surface area contributed by atoms with Crippen LogP contribution in [0.4, 0.5) is 0 Å². The first kappa shape index (κ1) is 17.6. The van der Waals surface area contributed by atoms with Crippen molar-refractivity contribution in [2.45, 2.75) is 17.9 Å². The lowest BCUT2D eigenvalue weighted by atomic mass is 10.2. The molecule has 130 valence electrons. The molecule has 1 aromatic heterocycles. The van der Waals surface area contributed by atoms with Crippen LogP contribution < -0.4 is 4.72 Å². The summed E-state index contributed by atoms with van der Waals surface area (Å²) in [5.74, 6) is 0. The van der Waals surface area contributed by atoms with E-state index >= 15 is 0 Å². The topological polar surface area (TPSA) is 58.6 Å². The predicted molar refractivity (Wildman–Crippen MR) is 95.8 cm³/mol. The molecule has 1 fully saturated rings. The van der Waals surface area contributed by atoms with Crippen molar-refractivity contribution in [2.75, 3.05) is 32.8 Å². The van der Waals surface area contributed by atoms with Gasteiger partial charge in [0, 0.05) is 24.5 Å². The summed E-state index contributed by atoms with van der Waals surface area (Å²) in [5.41, 5.74) is 1.04. The van der Waals surface area contributed by atoms with E-state index in [1.807, 2.05) is 30.5 Å². The van der Waals surface area contributed by atoms with E-state index in [1.165, 1.54) is 4.88 Å². The van der Waals surface area contributed by atoms with Crippen molar-refractivity contribution in [3.8, 4) is 0 Å². The van der Waals surface area contributed by atoms with Gasteiger partial charge in [-0.3, -0.25) is 4.90 Å². The Morgan fingerprint density at radius 1 is 1.21 bits per heavy atom. The maximum Gasteiger partial charge on any atom is 0.240 e. The lowest BCUT2D eigenvalue weighted by molar-refractivity contribution is 0.0179. The summed E-state index contributed by atoms with van der Waals surface area (Å²) >= 11 is 1.66. The van der Waals surface area contributed by atoms with Gasteiger partial charge in [0.15, 0.2) is 0 Å². The van der Waals surface area contributed by atoms with Crippen LogP contribution in [0.1, 0.15) is 16.5 Å². The van der Waals surface area contributed by atoms with Crippen LogP contribution in [0.5, 0.6) is 0 Å². The second-order valence-electron chi connectivity index (χ2n) is 5.84. The maximum atomic E-state index is 12.5. The molecule has 7 heteroatoms. The highest BCUT2D eigenvalue weighted by Gasteiger charge is 2.25. The van der Waals surface area contributed by atoms with Crippen LogP contribution in [0.25, 0.3) is 0 Å². The standard InChI is InChI=1S/C17H22N2O3S2/c1-14-4-6-15(7-5-14)24(20,21)18-13-16(17-3-2-12-23-17)19-8-10-22-11-9-19/h2-7,12,16,18H,8-11,13H2,1H3/t16-/m1/s1. The highest BCUT2D eigenvalue weighted by molar-refractivity contribution is 7.89. The Labute approximate surface area is 147 Å². The number of hydrogen-bond donors (Lipinski definition) is 1. The minimum absolute atomic E-state index is 0.0362. The van der Waals surface area contributed by atoms with Gasteiger partial charge in [-0.1, -0.05) is 23.8 Å². The smallest absolute Gasteiger partial charge is 0.240 e. The molecule has 1 saturated heterocycles. The van der Waals surface area contributed by atoms with Crippen LogP contribution in [-0.4, -0.2) is 46.2 Å². The molecule has 24 heavy (non-hydrogen) atoms. The van der Waals surface area contributed by atoms with E-state index in [9.17, 15) is 8.42 Å². The van der Waals surface area contributed by atoms with E-state index in [1.54, 1.807) is 23.5 Å². The second kappa shape index (κ2) is 7.76. The molecule has 0 amide bonds. The van der Waals surface area contributed by atoms with Crippen LogP contribution in [0, 0.1) is 6.92 Å². The third-order valence-corrected chi connectivity index (χ3v) is 6.57. The molecule has 1 N–H and O–H groups in total. The molecule has 0 spiro atoms. The summed E-state index contributed by atoms with van der Waals surface area (Å²) in [4.78, 5) is 3.76. The number of morpholine rings is 1. The molecule has 5 nitrogen and oxygen atoms in total. The zero-order chi connectivity index (χ0) is 17.0. The van der Waals surface area contributed by atoms with Crippen molar-refractivity contribution in [2.24, 2.45) is 0 Å². The Kier molecular flexibility index (Phi) is 5.68. The SMILES string of the molecule is Cc1ccc(S(=O)(=O)NC[C@H](c2cccs2)N2CCOCC2)cc1. The monoisotopic (exact) mass is 366 g/mol. The van der Waals surface area contributed by atoms with Crippen LogP contribution in [0.2, 0.25) is 0 Å². The van der Waals surface area contributed by atoms with Gasteiger partial charge in [0.25, 0.3) is 0 Å². The summed E-state index contributed by atoms with van der Waals surface area (Å²) in [6.07, 6.45) is 0. The van der Waals surface area contributed by atoms with Gasteiger partial charge in [-0.2, -0.15) is 0 Å². The lowest BCUT2D eigenvalue weighted by Gasteiger charge is -2.34. The Morgan fingerprint density at radius 2 is 1.92 bits per heavy atom. The van der Waals surface area contributed by atoms with Crippen LogP contribution in [0.3, 0.4) is 0 Å². The number of nitrogens with zero attached hydrogens (tertiary/aromatic N) is 1. The molecule has 0 saturated carbocycles. The lowest BCUT2D eigenvalue weighted by Crippen LogP contribution is -2.43. The molecule has 1 aromatic carbocycles. The van der Waals surface area contributed by atoms with E-state index < -0.39 is 10.0 Å². The van der Waals surface area contributed by atoms with E-state index in [0.717, 1.165) is 18.7 Å². The van der Waals surface area contributed by atoms with Crippen molar-refractivity contribution in [1.29, 1.82) is 0 Å². The van der Waals surface area contributed by atoms with Crippen molar-refractivity contribution < 1.29 is 13.2 Å². The van der Waals surface area contributed by atoms with Gasteiger partial charge in [-0.05, 0) is 30.5 Å². The molecule has 3 rings (SSSR count). The predicted octanol–water partition coefficient (Wildman–Crippen LogP) is 2.41. The van der Waals surface area contributed by atoms with Gasteiger partial charge in [-0.15, -0.1) is 11.3 Å². The fraction of sp³-hybridized carbons (Fsp3) is 0.412. The second-order valence-corrected chi connectivity index (χ2v) is 8.59. The summed E-state index contributed by atoms with van der Waals surface area (Å²) < 4.78 is 33.3. The first-order chi connectivity index (χ1) is 11.6. The van der Waals surface area contributed by atoms with E-state index in [-0.39, 0.29) is 6.04 Å². The fourth-order valence-electron chi connectivity index (χ4n) is 2.77. The minimum atomic E-state index is -3.51. The number of rotatable bonds is 6. The summed E-state index contributed by atoms with van der Waals surface area (Å²) in [7, 11) is -3.51. The van der Waals surface area contributed by atoms with Gasteiger partial charge < -0.3 is 4.74 Å². The van der Waals surface area contributed by atoms with E-state index in [2.05, 4.69) is 15.7 Å². The van der Waals surface area contributed by atoms with Crippen LogP contribution in [0.15, 0.2) is 46.7 Å². The van der Waals surface area contributed by atoms with Gasteiger partial charge in [0.2, 0.25) is 10.0 Å². The number of sulfonamides is 1. The summed E-state index contributed by atoms with van der Waals surface area (Å²) in [5, 5.41) is 2.03. The zero-order valence-electron chi connectivity index (χ0n) is 13.6. The number of thiophene rings is 1. The first-order valence-corrected chi connectivity index (χ1v) is 10.3. The largest absolute Gasteiger partial charge is 0.379 e. The Balaban J connectivity index is 1.74. The molecule has 2 aromatic rings. The highest BCUT2D eigenvalue weighted by Crippen LogP contribution is 2.26. The van der Waals surface area contributed by atoms with Crippen LogP contribution >= 0.6 is 11.3 Å². The molecule has 1 aliphatic heterocycles. The summed E-state index contributed by atoms with van der Waals surface area (Å²) in [6, 6.07) is 11.0. The van der Waals surface area contributed by atoms with Crippen molar-refractivity contribution in [3.05, 3.63) is 52.2 Å². The van der Waals surface area contributed by atoms with Gasteiger partial charge in [0.05, 0.1) is 24.2 Å². The van der Waals surface area contributed by atoms with Crippen molar-refractivity contribution in [3.63, 3.8) is 0 Å². The third-order valence-electron chi connectivity index (χ3n) is 4.16. The van der Waals surface area contributed by atoms with Gasteiger partial charge >= 0.3 is 0 Å². The Bertz CT molecular complexity index is 737. The minimum Gasteiger partial charge on any atom is -0.379 e. The maximum absolute atomic E-state index is 12.5. The number of aryl methyl sites for hydroxylation is 1. The molecular formula is C17H22N2O3S2. The van der Waals surface area contributed by atoms with Crippen molar-refractivity contribution in [1.82, 2.24) is 9.62 Å². The van der Waals surface area contributed by atoms with Gasteiger partial charge in [-0.25, -0.2) is 13.1 Å².